The largest absolute Gasteiger partial charge is 0.465 e. The van der Waals surface area contributed by atoms with Gasteiger partial charge in [-0.2, -0.15) is 0 Å². The molecule has 1 heterocycles. The van der Waals surface area contributed by atoms with Gasteiger partial charge in [0, 0.05) is 27.2 Å². The van der Waals surface area contributed by atoms with Gasteiger partial charge in [0.15, 0.2) is 0 Å². The monoisotopic (exact) mass is 575 g/mol. The Morgan fingerprint density at radius 1 is 1.16 bits per heavy atom. The summed E-state index contributed by atoms with van der Waals surface area (Å²) in [4.78, 5) is 24.7. The Kier molecular flexibility index (Phi) is 7.57. The summed E-state index contributed by atoms with van der Waals surface area (Å²) < 4.78 is 34.3. The van der Waals surface area contributed by atoms with Gasteiger partial charge in [-0.05, 0) is 52.7 Å². The van der Waals surface area contributed by atoms with Gasteiger partial charge in [-0.1, -0.05) is 34.1 Å². The number of nitrogens with zero attached hydrogens (tertiary/aromatic N) is 1. The van der Waals surface area contributed by atoms with E-state index in [1.54, 1.807) is 42.5 Å². The number of carbonyl (C=O) groups excluding carboxylic acids is 1. The van der Waals surface area contributed by atoms with E-state index in [2.05, 4.69) is 41.9 Å². The van der Waals surface area contributed by atoms with E-state index in [0.717, 1.165) is 4.90 Å². The van der Waals surface area contributed by atoms with Crippen LogP contribution in [0.15, 0.2) is 62.4 Å². The summed E-state index contributed by atoms with van der Waals surface area (Å²) in [7, 11) is -3.91. The van der Waals surface area contributed by atoms with E-state index < -0.39 is 34.3 Å². The topological polar surface area (TPSA) is 125 Å². The molecule has 12 heteroatoms. The third-order valence-corrected chi connectivity index (χ3v) is 7.60. The van der Waals surface area contributed by atoms with Crippen molar-refractivity contribution < 1.29 is 27.9 Å². The van der Waals surface area contributed by atoms with Crippen molar-refractivity contribution in [1.82, 2.24) is 9.62 Å². The molecule has 9 nitrogen and oxygen atoms in total. The van der Waals surface area contributed by atoms with E-state index in [4.69, 9.17) is 4.74 Å². The molecule has 1 aliphatic rings. The number of amides is 2. The average molecular weight is 577 g/mol. The maximum absolute atomic E-state index is 12.8. The molecule has 0 radical (unpaired) electrons. The molecule has 31 heavy (non-hydrogen) atoms. The van der Waals surface area contributed by atoms with Gasteiger partial charge in [-0.3, -0.25) is 5.32 Å². The summed E-state index contributed by atoms with van der Waals surface area (Å²) in [6, 6.07) is 12.1. The molecule has 0 aliphatic carbocycles. The summed E-state index contributed by atoms with van der Waals surface area (Å²) in [6.07, 6.45) is -1.78. The molecule has 0 saturated carbocycles. The van der Waals surface area contributed by atoms with E-state index in [1.807, 2.05) is 0 Å². The number of rotatable bonds is 6. The molecular formula is C19H19Br2N3O6S. The van der Waals surface area contributed by atoms with Crippen molar-refractivity contribution in [3.63, 3.8) is 0 Å². The summed E-state index contributed by atoms with van der Waals surface area (Å²) in [5.41, 5.74) is 0.541. The lowest BCUT2D eigenvalue weighted by Gasteiger charge is -2.20. The Bertz CT molecular complexity index is 1070. The molecule has 2 aromatic carbocycles. The maximum atomic E-state index is 12.8. The molecule has 3 N–H and O–H groups in total. The van der Waals surface area contributed by atoms with Crippen molar-refractivity contribution in [1.29, 1.82) is 0 Å². The van der Waals surface area contributed by atoms with E-state index in [1.165, 1.54) is 6.07 Å². The number of hydrogen-bond donors (Lipinski definition) is 3. The lowest BCUT2D eigenvalue weighted by atomic mass is 10.2. The predicted octanol–water partition coefficient (Wildman–Crippen LogP) is 3.86. The third-order valence-electron chi connectivity index (χ3n) is 4.59. The number of para-hydroxylation sites is 1. The number of halogens is 2. The van der Waals surface area contributed by atoms with E-state index in [0.29, 0.717) is 14.6 Å². The number of hydrogen-bond acceptors (Lipinski definition) is 5. The van der Waals surface area contributed by atoms with Crippen molar-refractivity contribution in [2.75, 3.05) is 18.5 Å². The van der Waals surface area contributed by atoms with Crippen molar-refractivity contribution in [3.8, 4) is 0 Å². The number of likely N-dealkylation sites (tertiary alicyclic amines) is 1. The standard InChI is InChI=1S/C19H19Br2N3O6S/c20-12-6-7-16(21)17(8-12)31(28,29)23-14-9-15(24(10-14)19(26)27)11-30-18(25)22-13-4-2-1-3-5-13/h1-8,14-15,23H,9-11H2,(H,22,25)(H,26,27)/t14-,15-/m1/s1. The lowest BCUT2D eigenvalue weighted by molar-refractivity contribution is 0.102. The third kappa shape index (κ3) is 6.19. The highest BCUT2D eigenvalue weighted by atomic mass is 79.9. The second-order valence-corrected chi connectivity index (χ2v) is 10.3. The van der Waals surface area contributed by atoms with Crippen LogP contribution in [0.1, 0.15) is 6.42 Å². The molecule has 2 aromatic rings. The van der Waals surface area contributed by atoms with E-state index >= 15 is 0 Å². The molecule has 0 unspecified atom stereocenters. The summed E-state index contributed by atoms with van der Waals surface area (Å²) in [5.74, 6) is 0. The van der Waals surface area contributed by atoms with Crippen LogP contribution in [0.5, 0.6) is 0 Å². The quantitative estimate of drug-likeness (QED) is 0.479. The molecule has 1 saturated heterocycles. The minimum atomic E-state index is -3.91. The number of nitrogens with one attached hydrogen (secondary N) is 2. The Hall–Kier alpha value is -2.15. The number of ether oxygens (including phenoxy) is 1. The number of sulfonamides is 1. The van der Waals surface area contributed by atoms with Gasteiger partial charge in [0.1, 0.15) is 6.61 Å². The van der Waals surface area contributed by atoms with Gasteiger partial charge >= 0.3 is 12.2 Å². The van der Waals surface area contributed by atoms with Crippen LogP contribution in [0, 0.1) is 0 Å². The van der Waals surface area contributed by atoms with Crippen LogP contribution >= 0.6 is 31.9 Å². The van der Waals surface area contributed by atoms with Crippen LogP contribution in [0.3, 0.4) is 0 Å². The lowest BCUT2D eigenvalue weighted by Crippen LogP contribution is -2.40. The van der Waals surface area contributed by atoms with E-state index in [-0.39, 0.29) is 24.5 Å². The number of benzene rings is 2. The smallest absolute Gasteiger partial charge is 0.411 e. The van der Waals surface area contributed by atoms with Gasteiger partial charge < -0.3 is 14.7 Å². The van der Waals surface area contributed by atoms with Gasteiger partial charge in [0.25, 0.3) is 0 Å². The van der Waals surface area contributed by atoms with Crippen LogP contribution in [0.4, 0.5) is 15.3 Å². The summed E-state index contributed by atoms with van der Waals surface area (Å²) in [5, 5.41) is 12.0. The zero-order valence-electron chi connectivity index (χ0n) is 16.0. The fraction of sp³-hybridized carbons (Fsp3) is 0.263. The van der Waals surface area contributed by atoms with Crippen LogP contribution in [0.2, 0.25) is 0 Å². The minimum Gasteiger partial charge on any atom is -0.465 e. The number of anilines is 1. The Labute approximate surface area is 196 Å². The van der Waals surface area contributed by atoms with Gasteiger partial charge in [-0.15, -0.1) is 0 Å². The SMILES string of the molecule is O=C(Nc1ccccc1)OC[C@H]1C[C@@H](NS(=O)(=O)c2cc(Br)ccc2Br)CN1C(=O)O. The Morgan fingerprint density at radius 3 is 2.55 bits per heavy atom. The first-order valence-corrected chi connectivity index (χ1v) is 12.2. The molecule has 1 fully saturated rings. The summed E-state index contributed by atoms with van der Waals surface area (Å²) in [6.45, 7) is -0.266. The molecule has 1 aliphatic heterocycles. The minimum absolute atomic E-state index is 0.0330. The molecule has 0 aromatic heterocycles. The van der Waals surface area contributed by atoms with Crippen LogP contribution in [-0.2, 0) is 14.8 Å². The van der Waals surface area contributed by atoms with Gasteiger partial charge in [0.05, 0.1) is 10.9 Å². The predicted molar refractivity (Wildman–Crippen MR) is 121 cm³/mol. The van der Waals surface area contributed by atoms with Crippen molar-refractivity contribution in [2.24, 2.45) is 0 Å². The zero-order chi connectivity index (χ0) is 22.6. The normalized spacial score (nSPS) is 18.6. The highest BCUT2D eigenvalue weighted by Crippen LogP contribution is 2.27. The molecule has 3 rings (SSSR count). The fourth-order valence-corrected chi connectivity index (χ4v) is 5.95. The first-order chi connectivity index (χ1) is 14.7. The number of carbonyl (C=O) groups is 2. The first-order valence-electron chi connectivity index (χ1n) is 9.11. The molecule has 166 valence electrons. The fourth-order valence-electron chi connectivity index (χ4n) is 3.21. The van der Waals surface area contributed by atoms with Crippen molar-refractivity contribution in [3.05, 3.63) is 57.5 Å². The molecule has 2 amide bonds. The zero-order valence-corrected chi connectivity index (χ0v) is 20.0. The van der Waals surface area contributed by atoms with Crippen molar-refractivity contribution >= 4 is 59.8 Å². The Morgan fingerprint density at radius 2 is 1.87 bits per heavy atom. The van der Waals surface area contributed by atoms with E-state index in [9.17, 15) is 23.1 Å². The molecule has 2 atom stereocenters. The average Bonchev–Trinajstić information content (AvgIpc) is 3.11. The molecular weight excluding hydrogens is 558 g/mol. The van der Waals surface area contributed by atoms with Gasteiger partial charge in [-0.25, -0.2) is 22.7 Å². The highest BCUT2D eigenvalue weighted by Gasteiger charge is 2.38. The first kappa shape index (κ1) is 23.5. The number of carboxylic acid groups (broad SMARTS) is 1. The van der Waals surface area contributed by atoms with Crippen LogP contribution in [0.25, 0.3) is 0 Å². The second-order valence-electron chi connectivity index (χ2n) is 6.81. The highest BCUT2D eigenvalue weighted by molar-refractivity contribution is 9.11. The second kappa shape index (κ2) is 9.98. The van der Waals surface area contributed by atoms with Crippen LogP contribution in [-0.4, -0.2) is 55.8 Å². The van der Waals surface area contributed by atoms with Crippen molar-refractivity contribution in [2.45, 2.75) is 23.4 Å². The molecule has 0 spiro atoms. The maximum Gasteiger partial charge on any atom is 0.411 e. The Balaban J connectivity index is 1.63. The van der Waals surface area contributed by atoms with Gasteiger partial charge in [0.2, 0.25) is 10.0 Å². The van der Waals surface area contributed by atoms with Crippen LogP contribution < -0.4 is 10.0 Å². The summed E-state index contributed by atoms with van der Waals surface area (Å²) >= 11 is 6.47. The molecule has 0 bridgehead atoms.